The number of benzene rings is 1. The first-order valence-corrected chi connectivity index (χ1v) is 5.83. The van der Waals surface area contributed by atoms with Gasteiger partial charge in [-0.25, -0.2) is 13.1 Å². The van der Waals surface area contributed by atoms with Gasteiger partial charge in [0.25, 0.3) is 0 Å². The highest BCUT2D eigenvalue weighted by molar-refractivity contribution is 7.89. The molecule has 15 heavy (non-hydrogen) atoms. The lowest BCUT2D eigenvalue weighted by Crippen LogP contribution is -2.25. The minimum Gasteiger partial charge on any atom is -0.508 e. The summed E-state index contributed by atoms with van der Waals surface area (Å²) < 4.78 is 25.6. The SMILES string of the molecule is C=C(C)CNS(=O)(=O)c1cccc(O)c1. The average molecular weight is 227 g/mol. The van der Waals surface area contributed by atoms with E-state index in [-0.39, 0.29) is 17.2 Å². The van der Waals surface area contributed by atoms with Crippen LogP contribution in [0.15, 0.2) is 41.3 Å². The Morgan fingerprint density at radius 3 is 2.73 bits per heavy atom. The van der Waals surface area contributed by atoms with Gasteiger partial charge in [0.05, 0.1) is 4.90 Å². The Bertz CT molecular complexity index is 465. The predicted octanol–water partition coefficient (Wildman–Crippen LogP) is 1.25. The molecule has 1 aromatic rings. The Hall–Kier alpha value is -1.33. The molecular weight excluding hydrogens is 214 g/mol. The minimum atomic E-state index is -3.55. The molecule has 0 unspecified atom stereocenters. The molecule has 4 nitrogen and oxygen atoms in total. The van der Waals surface area contributed by atoms with Crippen molar-refractivity contribution in [3.05, 3.63) is 36.4 Å². The van der Waals surface area contributed by atoms with E-state index in [9.17, 15) is 8.42 Å². The van der Waals surface area contributed by atoms with E-state index >= 15 is 0 Å². The first-order valence-electron chi connectivity index (χ1n) is 4.35. The third-order valence-electron chi connectivity index (χ3n) is 1.69. The highest BCUT2D eigenvalue weighted by Gasteiger charge is 2.13. The number of nitrogens with one attached hydrogen (secondary N) is 1. The quantitative estimate of drug-likeness (QED) is 0.761. The maximum absolute atomic E-state index is 11.6. The number of phenolic OH excluding ortho intramolecular Hbond substituents is 1. The summed E-state index contributed by atoms with van der Waals surface area (Å²) >= 11 is 0. The van der Waals surface area contributed by atoms with Gasteiger partial charge in [0.1, 0.15) is 5.75 Å². The van der Waals surface area contributed by atoms with Crippen molar-refractivity contribution < 1.29 is 13.5 Å². The number of sulfonamides is 1. The Balaban J connectivity index is 2.91. The van der Waals surface area contributed by atoms with Crippen LogP contribution >= 0.6 is 0 Å². The van der Waals surface area contributed by atoms with E-state index in [1.54, 1.807) is 6.92 Å². The second-order valence-corrected chi connectivity index (χ2v) is 5.05. The molecule has 0 amide bonds. The van der Waals surface area contributed by atoms with Crippen LogP contribution in [-0.2, 0) is 10.0 Å². The summed E-state index contributed by atoms with van der Waals surface area (Å²) in [4.78, 5) is 0.0451. The van der Waals surface area contributed by atoms with E-state index < -0.39 is 10.0 Å². The van der Waals surface area contributed by atoms with E-state index in [1.165, 1.54) is 24.3 Å². The minimum absolute atomic E-state index is 0.0451. The lowest BCUT2D eigenvalue weighted by molar-refractivity contribution is 0.473. The maximum Gasteiger partial charge on any atom is 0.240 e. The van der Waals surface area contributed by atoms with E-state index in [2.05, 4.69) is 11.3 Å². The van der Waals surface area contributed by atoms with E-state index in [0.29, 0.717) is 0 Å². The van der Waals surface area contributed by atoms with Crippen LogP contribution in [-0.4, -0.2) is 20.1 Å². The summed E-state index contributed by atoms with van der Waals surface area (Å²) in [5.74, 6) is -0.0757. The van der Waals surface area contributed by atoms with Gasteiger partial charge in [0, 0.05) is 6.54 Å². The largest absolute Gasteiger partial charge is 0.508 e. The van der Waals surface area contributed by atoms with Gasteiger partial charge in [0.15, 0.2) is 0 Å². The van der Waals surface area contributed by atoms with Crippen molar-refractivity contribution in [3.8, 4) is 5.75 Å². The van der Waals surface area contributed by atoms with Gasteiger partial charge in [-0.05, 0) is 25.1 Å². The molecule has 0 spiro atoms. The average Bonchev–Trinajstić information content (AvgIpc) is 2.15. The van der Waals surface area contributed by atoms with E-state index in [4.69, 9.17) is 5.11 Å². The normalized spacial score (nSPS) is 11.3. The fraction of sp³-hybridized carbons (Fsp3) is 0.200. The van der Waals surface area contributed by atoms with Crippen molar-refractivity contribution in [2.24, 2.45) is 0 Å². The van der Waals surface area contributed by atoms with E-state index in [0.717, 1.165) is 5.57 Å². The molecule has 0 bridgehead atoms. The molecule has 0 saturated carbocycles. The third kappa shape index (κ3) is 3.38. The summed E-state index contributed by atoms with van der Waals surface area (Å²) in [5, 5.41) is 9.14. The third-order valence-corrected chi connectivity index (χ3v) is 3.09. The van der Waals surface area contributed by atoms with Crippen LogP contribution in [0, 0.1) is 0 Å². The molecule has 1 aromatic carbocycles. The summed E-state index contributed by atoms with van der Waals surface area (Å²) in [6.07, 6.45) is 0. The van der Waals surface area contributed by atoms with Crippen LogP contribution in [0.1, 0.15) is 6.92 Å². The first kappa shape index (κ1) is 11.7. The molecule has 0 aliphatic heterocycles. The highest BCUT2D eigenvalue weighted by Crippen LogP contribution is 2.15. The van der Waals surface area contributed by atoms with Gasteiger partial charge >= 0.3 is 0 Å². The topological polar surface area (TPSA) is 66.4 Å². The van der Waals surface area contributed by atoms with Gasteiger partial charge in [-0.1, -0.05) is 18.2 Å². The van der Waals surface area contributed by atoms with Crippen LogP contribution in [0.25, 0.3) is 0 Å². The number of hydrogen-bond donors (Lipinski definition) is 2. The molecule has 5 heteroatoms. The van der Waals surface area contributed by atoms with Crippen LogP contribution < -0.4 is 4.72 Å². The maximum atomic E-state index is 11.6. The Kier molecular flexibility index (Phi) is 3.49. The molecule has 0 aliphatic rings. The van der Waals surface area contributed by atoms with E-state index in [1.807, 2.05) is 0 Å². The number of phenols is 1. The fourth-order valence-electron chi connectivity index (χ4n) is 0.952. The molecule has 2 N–H and O–H groups in total. The number of rotatable bonds is 4. The molecule has 0 heterocycles. The van der Waals surface area contributed by atoms with Gasteiger partial charge in [-0.2, -0.15) is 0 Å². The Morgan fingerprint density at radius 2 is 2.20 bits per heavy atom. The zero-order valence-electron chi connectivity index (χ0n) is 8.40. The first-order chi connectivity index (χ1) is 6.92. The smallest absolute Gasteiger partial charge is 0.240 e. The van der Waals surface area contributed by atoms with Gasteiger partial charge in [0.2, 0.25) is 10.0 Å². The van der Waals surface area contributed by atoms with Gasteiger partial charge < -0.3 is 5.11 Å². The van der Waals surface area contributed by atoms with Crippen molar-refractivity contribution in [2.75, 3.05) is 6.54 Å². The molecule has 1 rings (SSSR count). The van der Waals surface area contributed by atoms with Crippen LogP contribution in [0.2, 0.25) is 0 Å². The monoisotopic (exact) mass is 227 g/mol. The highest BCUT2D eigenvalue weighted by atomic mass is 32.2. The lowest BCUT2D eigenvalue weighted by atomic mass is 10.3. The van der Waals surface area contributed by atoms with Crippen LogP contribution in [0.4, 0.5) is 0 Å². The number of hydrogen-bond acceptors (Lipinski definition) is 3. The summed E-state index contributed by atoms with van der Waals surface area (Å²) in [6, 6.07) is 5.50. The molecule has 82 valence electrons. The molecule has 0 radical (unpaired) electrons. The van der Waals surface area contributed by atoms with Gasteiger partial charge in [-0.3, -0.25) is 0 Å². The van der Waals surface area contributed by atoms with Gasteiger partial charge in [-0.15, -0.1) is 0 Å². The zero-order chi connectivity index (χ0) is 11.5. The molecule has 0 saturated heterocycles. The summed E-state index contributed by atoms with van der Waals surface area (Å²) in [7, 11) is -3.55. The van der Waals surface area contributed by atoms with Crippen molar-refractivity contribution in [1.29, 1.82) is 0 Å². The molecule has 0 aromatic heterocycles. The zero-order valence-corrected chi connectivity index (χ0v) is 9.21. The molecular formula is C10H13NO3S. The standard InChI is InChI=1S/C10H13NO3S/c1-8(2)7-11-15(13,14)10-5-3-4-9(12)6-10/h3-6,11-12H,1,7H2,2H3. The Labute approximate surface area is 89.3 Å². The molecule has 0 aliphatic carbocycles. The van der Waals surface area contributed by atoms with Crippen molar-refractivity contribution >= 4 is 10.0 Å². The van der Waals surface area contributed by atoms with Crippen LogP contribution in [0.3, 0.4) is 0 Å². The van der Waals surface area contributed by atoms with Crippen molar-refractivity contribution in [1.82, 2.24) is 4.72 Å². The summed E-state index contributed by atoms with van der Waals surface area (Å²) in [5.41, 5.74) is 0.721. The van der Waals surface area contributed by atoms with Crippen molar-refractivity contribution in [2.45, 2.75) is 11.8 Å². The molecule has 0 atom stereocenters. The predicted molar refractivity (Wildman–Crippen MR) is 58.1 cm³/mol. The van der Waals surface area contributed by atoms with Crippen LogP contribution in [0.5, 0.6) is 5.75 Å². The fourth-order valence-corrected chi connectivity index (χ4v) is 2.09. The second-order valence-electron chi connectivity index (χ2n) is 3.28. The van der Waals surface area contributed by atoms with Crippen molar-refractivity contribution in [3.63, 3.8) is 0 Å². The molecule has 0 fully saturated rings. The second kappa shape index (κ2) is 4.46. The number of aromatic hydroxyl groups is 1. The Morgan fingerprint density at radius 1 is 1.53 bits per heavy atom. The lowest BCUT2D eigenvalue weighted by Gasteiger charge is -2.06. The summed E-state index contributed by atoms with van der Waals surface area (Å²) in [6.45, 7) is 5.51.